The summed E-state index contributed by atoms with van der Waals surface area (Å²) in [7, 11) is 0. The number of anilines is 2. The van der Waals surface area contributed by atoms with Crippen molar-refractivity contribution in [2.45, 2.75) is 33.0 Å². The first-order valence-corrected chi connectivity index (χ1v) is 12.9. The van der Waals surface area contributed by atoms with Crippen LogP contribution in [0.3, 0.4) is 0 Å². The summed E-state index contributed by atoms with van der Waals surface area (Å²) in [6.45, 7) is 6.84. The summed E-state index contributed by atoms with van der Waals surface area (Å²) in [5.41, 5.74) is 7.95. The maximum Gasteiger partial charge on any atom is 0.182 e. The maximum absolute atomic E-state index is 13.6. The minimum atomic E-state index is -0.148. The summed E-state index contributed by atoms with van der Waals surface area (Å²) < 4.78 is 0. The highest BCUT2D eigenvalue weighted by Gasteiger charge is 2.49. The number of ketones is 1. The van der Waals surface area contributed by atoms with E-state index in [2.05, 4.69) is 122 Å². The minimum Gasteiger partial charge on any atom is -0.338 e. The lowest BCUT2D eigenvalue weighted by Crippen LogP contribution is -2.42. The molecule has 4 heteroatoms. The number of hydrogen-bond acceptors (Lipinski definition) is 4. The van der Waals surface area contributed by atoms with Gasteiger partial charge in [-0.15, -0.1) is 11.3 Å². The van der Waals surface area contributed by atoms with Crippen molar-refractivity contribution >= 4 is 34.1 Å². The van der Waals surface area contributed by atoms with Gasteiger partial charge in [-0.3, -0.25) is 4.79 Å². The van der Waals surface area contributed by atoms with Gasteiger partial charge in [0.1, 0.15) is 6.17 Å². The highest BCUT2D eigenvalue weighted by molar-refractivity contribution is 7.12. The second-order valence-electron chi connectivity index (χ2n) is 9.41. The van der Waals surface area contributed by atoms with Gasteiger partial charge in [0, 0.05) is 15.3 Å². The maximum atomic E-state index is 13.6. The van der Waals surface area contributed by atoms with Crippen molar-refractivity contribution in [2.24, 2.45) is 0 Å². The van der Waals surface area contributed by atoms with Crippen LogP contribution in [-0.4, -0.2) is 18.5 Å². The molecule has 0 N–H and O–H groups in total. The van der Waals surface area contributed by atoms with Gasteiger partial charge in [-0.1, -0.05) is 72.8 Å². The standard InChI is InChI=1S/C31H28N2OS/c1-20-18-25(22(3)35-20)21(2)29-28(34)19-32-26-16-10-11-17-27(26)33(31(29)32)30(23-12-6-4-7-13-23)24-14-8-5-9-15-24/h4-18,30-31H,19H2,1-3H3/b29-21-. The van der Waals surface area contributed by atoms with Gasteiger partial charge in [-0.05, 0) is 61.2 Å². The van der Waals surface area contributed by atoms with E-state index in [0.717, 1.165) is 16.8 Å². The number of para-hydroxylation sites is 2. The highest BCUT2D eigenvalue weighted by atomic mass is 32.1. The molecule has 0 saturated carbocycles. The van der Waals surface area contributed by atoms with Crippen LogP contribution < -0.4 is 9.80 Å². The highest BCUT2D eigenvalue weighted by Crippen LogP contribution is 2.51. The van der Waals surface area contributed by atoms with Crippen LogP contribution in [0.4, 0.5) is 11.4 Å². The van der Waals surface area contributed by atoms with Crippen LogP contribution >= 0.6 is 11.3 Å². The van der Waals surface area contributed by atoms with Crippen LogP contribution in [0.25, 0.3) is 5.57 Å². The Balaban J connectivity index is 1.60. The van der Waals surface area contributed by atoms with E-state index in [-0.39, 0.29) is 18.0 Å². The first kappa shape index (κ1) is 21.9. The first-order valence-electron chi connectivity index (χ1n) is 12.1. The zero-order valence-electron chi connectivity index (χ0n) is 20.2. The second kappa shape index (κ2) is 8.54. The SMILES string of the molecule is C/C(=C1\C(=O)CN2c3ccccc3N(C(c3ccccc3)c3ccccc3)C12)c1cc(C)sc1C. The number of carbonyl (C=O) groups is 1. The zero-order valence-corrected chi connectivity index (χ0v) is 21.0. The van der Waals surface area contributed by atoms with Gasteiger partial charge in [-0.2, -0.15) is 0 Å². The smallest absolute Gasteiger partial charge is 0.182 e. The quantitative estimate of drug-likeness (QED) is 0.292. The molecule has 1 fully saturated rings. The summed E-state index contributed by atoms with van der Waals surface area (Å²) in [6, 6.07) is 32.1. The number of thiophene rings is 1. The Bertz CT molecular complexity index is 1400. The lowest BCUT2D eigenvalue weighted by atomic mass is 9.93. The van der Waals surface area contributed by atoms with Crippen molar-refractivity contribution in [1.29, 1.82) is 0 Å². The summed E-state index contributed by atoms with van der Waals surface area (Å²) in [5.74, 6) is 0.218. The molecule has 2 aliphatic heterocycles. The molecule has 35 heavy (non-hydrogen) atoms. The van der Waals surface area contributed by atoms with Crippen LogP contribution in [-0.2, 0) is 4.79 Å². The Morgan fingerprint density at radius 2 is 1.43 bits per heavy atom. The number of allylic oxidation sites excluding steroid dienone is 1. The molecule has 2 aliphatic rings. The molecule has 6 rings (SSSR count). The molecule has 3 heterocycles. The van der Waals surface area contributed by atoms with E-state index in [1.165, 1.54) is 32.1 Å². The molecule has 3 nitrogen and oxygen atoms in total. The summed E-state index contributed by atoms with van der Waals surface area (Å²) >= 11 is 1.80. The Kier molecular flexibility index (Phi) is 5.34. The van der Waals surface area contributed by atoms with E-state index in [1.807, 2.05) is 0 Å². The number of nitrogens with zero attached hydrogens (tertiary/aromatic N) is 2. The van der Waals surface area contributed by atoms with Crippen LogP contribution in [0.15, 0.2) is 96.6 Å². The molecule has 0 amide bonds. The molecule has 0 bridgehead atoms. The van der Waals surface area contributed by atoms with E-state index in [1.54, 1.807) is 11.3 Å². The number of hydrogen-bond donors (Lipinski definition) is 0. The molecule has 4 aromatic rings. The summed E-state index contributed by atoms with van der Waals surface area (Å²) in [5, 5.41) is 0. The average Bonchev–Trinajstić information content (AvgIpc) is 3.50. The van der Waals surface area contributed by atoms with Crippen molar-refractivity contribution in [3.8, 4) is 0 Å². The number of aryl methyl sites for hydroxylation is 2. The van der Waals surface area contributed by atoms with E-state index >= 15 is 0 Å². The number of fused-ring (bicyclic) bond motifs is 3. The van der Waals surface area contributed by atoms with Crippen molar-refractivity contribution in [1.82, 2.24) is 0 Å². The molecular weight excluding hydrogens is 448 g/mol. The Labute approximate surface area is 211 Å². The molecular formula is C31H28N2OS. The number of Topliss-reactive ketones (excluding diaryl/α,β-unsaturated/α-hetero) is 1. The largest absolute Gasteiger partial charge is 0.338 e. The van der Waals surface area contributed by atoms with Gasteiger partial charge in [0.2, 0.25) is 0 Å². The lowest BCUT2D eigenvalue weighted by molar-refractivity contribution is -0.113. The van der Waals surface area contributed by atoms with Gasteiger partial charge in [0.15, 0.2) is 5.78 Å². The molecule has 0 radical (unpaired) electrons. The second-order valence-corrected chi connectivity index (χ2v) is 10.9. The van der Waals surface area contributed by atoms with Crippen molar-refractivity contribution in [3.05, 3.63) is 123 Å². The number of benzene rings is 3. The van der Waals surface area contributed by atoms with Gasteiger partial charge in [-0.25, -0.2) is 0 Å². The molecule has 3 aromatic carbocycles. The fourth-order valence-corrected chi connectivity index (χ4v) is 6.79. The zero-order chi connectivity index (χ0) is 24.1. The molecule has 1 unspecified atom stereocenters. The van der Waals surface area contributed by atoms with E-state index < -0.39 is 0 Å². The normalized spacial score (nSPS) is 18.3. The average molecular weight is 477 g/mol. The van der Waals surface area contributed by atoms with E-state index in [9.17, 15) is 4.79 Å². The van der Waals surface area contributed by atoms with Crippen molar-refractivity contribution in [2.75, 3.05) is 16.3 Å². The molecule has 1 atom stereocenters. The topological polar surface area (TPSA) is 23.6 Å². The summed E-state index contributed by atoms with van der Waals surface area (Å²) in [4.78, 5) is 21.0. The van der Waals surface area contributed by atoms with Crippen LogP contribution in [0.1, 0.15) is 39.4 Å². The van der Waals surface area contributed by atoms with Crippen LogP contribution in [0, 0.1) is 13.8 Å². The fraction of sp³-hybridized carbons (Fsp3) is 0.194. The van der Waals surface area contributed by atoms with E-state index in [4.69, 9.17) is 0 Å². The third-order valence-electron chi connectivity index (χ3n) is 7.26. The predicted molar refractivity (Wildman–Crippen MR) is 146 cm³/mol. The monoisotopic (exact) mass is 476 g/mol. The molecule has 0 spiro atoms. The van der Waals surface area contributed by atoms with Gasteiger partial charge >= 0.3 is 0 Å². The number of carbonyl (C=O) groups excluding carboxylic acids is 1. The Morgan fingerprint density at radius 3 is 2.00 bits per heavy atom. The fourth-order valence-electron chi connectivity index (χ4n) is 5.81. The van der Waals surface area contributed by atoms with Crippen molar-refractivity contribution < 1.29 is 4.79 Å². The van der Waals surface area contributed by atoms with Crippen LogP contribution in [0.2, 0.25) is 0 Å². The Morgan fingerprint density at radius 1 is 0.857 bits per heavy atom. The van der Waals surface area contributed by atoms with Gasteiger partial charge in [0.05, 0.1) is 24.0 Å². The molecule has 0 aliphatic carbocycles. The van der Waals surface area contributed by atoms with Gasteiger partial charge in [0.25, 0.3) is 0 Å². The number of rotatable bonds is 4. The Hall–Kier alpha value is -3.63. The minimum absolute atomic E-state index is 0.0208. The molecule has 174 valence electrons. The third-order valence-corrected chi connectivity index (χ3v) is 8.22. The van der Waals surface area contributed by atoms with E-state index in [0.29, 0.717) is 6.54 Å². The summed E-state index contributed by atoms with van der Waals surface area (Å²) in [6.07, 6.45) is -0.148. The predicted octanol–water partition coefficient (Wildman–Crippen LogP) is 7.16. The van der Waals surface area contributed by atoms with Crippen molar-refractivity contribution in [3.63, 3.8) is 0 Å². The lowest BCUT2D eigenvalue weighted by Gasteiger charge is -2.36. The third kappa shape index (κ3) is 3.52. The van der Waals surface area contributed by atoms with Gasteiger partial charge < -0.3 is 9.80 Å². The van der Waals surface area contributed by atoms with Crippen LogP contribution in [0.5, 0.6) is 0 Å². The first-order chi connectivity index (χ1) is 17.0. The molecule has 1 saturated heterocycles. The molecule has 1 aromatic heterocycles.